The van der Waals surface area contributed by atoms with Crippen molar-refractivity contribution in [1.82, 2.24) is 5.32 Å². The van der Waals surface area contributed by atoms with E-state index in [2.05, 4.69) is 35.1 Å². The number of carbonyl (C=O) groups excluding carboxylic acids is 1. The van der Waals surface area contributed by atoms with Gasteiger partial charge < -0.3 is 5.32 Å². The zero-order valence-corrected chi connectivity index (χ0v) is 12.2. The van der Waals surface area contributed by atoms with E-state index in [1.54, 1.807) is 0 Å². The number of halogens is 1. The molecule has 90 valence electrons. The second-order valence-electron chi connectivity index (χ2n) is 5.04. The number of rotatable bonds is 6. The maximum absolute atomic E-state index is 12.0. The molecule has 0 saturated heterocycles. The standard InChI is InChI=1S/C12H24BrNO/c1-6-11(3,4)10(15)14-12(5,7-2)8-9-13/h6-9H2,1-5H3,(H,14,15). The highest BCUT2D eigenvalue weighted by Gasteiger charge is 2.31. The highest BCUT2D eigenvalue weighted by molar-refractivity contribution is 9.09. The van der Waals surface area contributed by atoms with Gasteiger partial charge in [-0.1, -0.05) is 43.6 Å². The fourth-order valence-electron chi connectivity index (χ4n) is 1.14. The summed E-state index contributed by atoms with van der Waals surface area (Å²) in [6, 6.07) is 0. The van der Waals surface area contributed by atoms with E-state index < -0.39 is 0 Å². The molecule has 0 spiro atoms. The molecule has 0 heterocycles. The van der Waals surface area contributed by atoms with E-state index in [1.807, 2.05) is 20.8 Å². The summed E-state index contributed by atoms with van der Waals surface area (Å²) < 4.78 is 0. The molecule has 0 aromatic heterocycles. The van der Waals surface area contributed by atoms with Crippen LogP contribution in [0, 0.1) is 5.41 Å². The Labute approximate surface area is 102 Å². The van der Waals surface area contributed by atoms with Gasteiger partial charge in [0.15, 0.2) is 0 Å². The first kappa shape index (κ1) is 14.9. The normalized spacial score (nSPS) is 15.9. The van der Waals surface area contributed by atoms with Crippen LogP contribution < -0.4 is 5.32 Å². The Hall–Kier alpha value is -0.0500. The quantitative estimate of drug-likeness (QED) is 0.740. The zero-order chi connectivity index (χ0) is 12.1. The number of carbonyl (C=O) groups is 1. The average molecular weight is 278 g/mol. The molecule has 3 heteroatoms. The van der Waals surface area contributed by atoms with E-state index in [1.165, 1.54) is 0 Å². The highest BCUT2D eigenvalue weighted by atomic mass is 79.9. The number of hydrogen-bond donors (Lipinski definition) is 1. The lowest BCUT2D eigenvalue weighted by Gasteiger charge is -2.33. The van der Waals surface area contributed by atoms with Crippen LogP contribution in [0.4, 0.5) is 0 Å². The lowest BCUT2D eigenvalue weighted by Crippen LogP contribution is -2.50. The minimum Gasteiger partial charge on any atom is -0.350 e. The Balaban J connectivity index is 4.49. The average Bonchev–Trinajstić information content (AvgIpc) is 2.18. The smallest absolute Gasteiger partial charge is 0.226 e. The first-order valence-electron chi connectivity index (χ1n) is 5.70. The van der Waals surface area contributed by atoms with Gasteiger partial charge in [-0.05, 0) is 26.2 Å². The molecular weight excluding hydrogens is 254 g/mol. The Kier molecular flexibility index (Phi) is 5.86. The Bertz CT molecular complexity index is 216. The largest absolute Gasteiger partial charge is 0.350 e. The molecule has 0 saturated carbocycles. The minimum atomic E-state index is -0.261. The van der Waals surface area contributed by atoms with Crippen molar-refractivity contribution in [2.45, 2.75) is 59.4 Å². The van der Waals surface area contributed by atoms with Crippen LogP contribution >= 0.6 is 15.9 Å². The van der Waals surface area contributed by atoms with E-state index in [-0.39, 0.29) is 16.9 Å². The number of hydrogen-bond acceptors (Lipinski definition) is 1. The van der Waals surface area contributed by atoms with Crippen LogP contribution in [0.1, 0.15) is 53.9 Å². The first-order valence-corrected chi connectivity index (χ1v) is 6.82. The lowest BCUT2D eigenvalue weighted by molar-refractivity contribution is -0.131. The maximum Gasteiger partial charge on any atom is 0.226 e. The molecule has 0 fully saturated rings. The molecule has 1 amide bonds. The molecule has 0 rings (SSSR count). The third kappa shape index (κ3) is 4.54. The van der Waals surface area contributed by atoms with Gasteiger partial charge in [0.1, 0.15) is 0 Å². The minimum absolute atomic E-state index is 0.0764. The van der Waals surface area contributed by atoms with Gasteiger partial charge in [0.2, 0.25) is 5.91 Å². The van der Waals surface area contributed by atoms with Crippen LogP contribution in [0.25, 0.3) is 0 Å². The molecule has 0 radical (unpaired) electrons. The van der Waals surface area contributed by atoms with Gasteiger partial charge in [0.05, 0.1) is 0 Å². The summed E-state index contributed by atoms with van der Waals surface area (Å²) in [6.07, 6.45) is 2.80. The summed E-state index contributed by atoms with van der Waals surface area (Å²) in [7, 11) is 0. The highest BCUT2D eigenvalue weighted by Crippen LogP contribution is 2.23. The number of nitrogens with one attached hydrogen (secondary N) is 1. The van der Waals surface area contributed by atoms with Crippen LogP contribution in [-0.2, 0) is 4.79 Å². The predicted octanol–water partition coefficient (Wildman–Crippen LogP) is 3.49. The van der Waals surface area contributed by atoms with Crippen molar-refractivity contribution in [2.24, 2.45) is 5.41 Å². The molecule has 2 nitrogen and oxygen atoms in total. The molecule has 15 heavy (non-hydrogen) atoms. The third-order valence-electron chi connectivity index (χ3n) is 3.34. The summed E-state index contributed by atoms with van der Waals surface area (Å²) >= 11 is 3.43. The van der Waals surface area contributed by atoms with Crippen molar-refractivity contribution in [3.05, 3.63) is 0 Å². The number of alkyl halides is 1. The summed E-state index contributed by atoms with van der Waals surface area (Å²) in [5, 5.41) is 4.09. The SMILES string of the molecule is CCC(C)(CCBr)NC(=O)C(C)(C)CC. The lowest BCUT2D eigenvalue weighted by atomic mass is 9.86. The van der Waals surface area contributed by atoms with E-state index >= 15 is 0 Å². The van der Waals surface area contributed by atoms with Gasteiger partial charge >= 0.3 is 0 Å². The molecule has 0 aliphatic heterocycles. The van der Waals surface area contributed by atoms with E-state index in [0.717, 1.165) is 24.6 Å². The van der Waals surface area contributed by atoms with Crippen molar-refractivity contribution in [2.75, 3.05) is 5.33 Å². The van der Waals surface area contributed by atoms with Crippen molar-refractivity contribution < 1.29 is 4.79 Å². The molecule has 0 aliphatic rings. The van der Waals surface area contributed by atoms with Crippen LogP contribution in [0.3, 0.4) is 0 Å². The van der Waals surface area contributed by atoms with Gasteiger partial charge in [-0.25, -0.2) is 0 Å². The predicted molar refractivity (Wildman–Crippen MR) is 69.3 cm³/mol. The van der Waals surface area contributed by atoms with Crippen molar-refractivity contribution in [3.8, 4) is 0 Å². The summed E-state index contributed by atoms with van der Waals surface area (Å²) in [5.41, 5.74) is -0.338. The summed E-state index contributed by atoms with van der Waals surface area (Å²) in [4.78, 5) is 12.0. The van der Waals surface area contributed by atoms with E-state index in [0.29, 0.717) is 0 Å². The molecule has 1 N–H and O–H groups in total. The molecule has 1 atom stereocenters. The maximum atomic E-state index is 12.0. The topological polar surface area (TPSA) is 29.1 Å². The van der Waals surface area contributed by atoms with Crippen molar-refractivity contribution >= 4 is 21.8 Å². The summed E-state index contributed by atoms with van der Waals surface area (Å²) in [6.45, 7) is 10.3. The molecule has 1 unspecified atom stereocenters. The van der Waals surface area contributed by atoms with Gasteiger partial charge in [-0.3, -0.25) is 4.79 Å². The van der Waals surface area contributed by atoms with Gasteiger partial charge in [-0.15, -0.1) is 0 Å². The molecule has 0 aromatic carbocycles. The van der Waals surface area contributed by atoms with Gasteiger partial charge in [-0.2, -0.15) is 0 Å². The Morgan fingerprint density at radius 3 is 2.07 bits per heavy atom. The van der Waals surface area contributed by atoms with E-state index in [9.17, 15) is 4.79 Å². The third-order valence-corrected chi connectivity index (χ3v) is 3.74. The molecule has 0 aromatic rings. The second kappa shape index (κ2) is 5.88. The van der Waals surface area contributed by atoms with Crippen LogP contribution in [-0.4, -0.2) is 16.8 Å². The Morgan fingerprint density at radius 2 is 1.73 bits per heavy atom. The molecule has 0 bridgehead atoms. The van der Waals surface area contributed by atoms with Crippen LogP contribution in [0.15, 0.2) is 0 Å². The van der Waals surface area contributed by atoms with Crippen molar-refractivity contribution in [3.63, 3.8) is 0 Å². The first-order chi connectivity index (χ1) is 6.81. The fourth-order valence-corrected chi connectivity index (χ4v) is 2.02. The van der Waals surface area contributed by atoms with Crippen LogP contribution in [0.2, 0.25) is 0 Å². The van der Waals surface area contributed by atoms with E-state index in [4.69, 9.17) is 0 Å². The second-order valence-corrected chi connectivity index (χ2v) is 5.84. The van der Waals surface area contributed by atoms with Crippen molar-refractivity contribution in [1.29, 1.82) is 0 Å². The fraction of sp³-hybridized carbons (Fsp3) is 0.917. The number of amides is 1. The zero-order valence-electron chi connectivity index (χ0n) is 10.6. The molecule has 0 aliphatic carbocycles. The van der Waals surface area contributed by atoms with Gasteiger partial charge in [0, 0.05) is 16.3 Å². The van der Waals surface area contributed by atoms with Crippen LogP contribution in [0.5, 0.6) is 0 Å². The van der Waals surface area contributed by atoms with Gasteiger partial charge in [0.25, 0.3) is 0 Å². The summed E-state index contributed by atoms with van der Waals surface area (Å²) in [5.74, 6) is 0.162. The molecular formula is C12H24BrNO. The Morgan fingerprint density at radius 1 is 1.20 bits per heavy atom. The monoisotopic (exact) mass is 277 g/mol.